The molecule has 0 spiro atoms. The van der Waals surface area contributed by atoms with Gasteiger partial charge in [-0.25, -0.2) is 0 Å². The number of hydrogen-bond donors (Lipinski definition) is 3. The molecular weight excluding hydrogens is 286 g/mol. The second-order valence-corrected chi connectivity index (χ2v) is 7.10. The zero-order valence-electron chi connectivity index (χ0n) is 15.5. The Bertz CT molecular complexity index is 299. The van der Waals surface area contributed by atoms with Gasteiger partial charge in [-0.2, -0.15) is 0 Å². The van der Waals surface area contributed by atoms with Crippen LogP contribution in [-0.2, 0) is 0 Å². The van der Waals surface area contributed by atoms with Gasteiger partial charge >= 0.3 is 0 Å². The van der Waals surface area contributed by atoms with Crippen molar-refractivity contribution in [2.45, 2.75) is 96.5 Å². The maximum absolute atomic E-state index is 9.54. The zero-order chi connectivity index (χ0) is 17.2. The van der Waals surface area contributed by atoms with Gasteiger partial charge < -0.3 is 15.5 Å². The Kier molecular flexibility index (Phi) is 15.9. The first-order valence-corrected chi connectivity index (χ1v) is 9.56. The summed E-state index contributed by atoms with van der Waals surface area (Å²) in [6.45, 7) is 5.44. The summed E-state index contributed by atoms with van der Waals surface area (Å²) in [6, 6.07) is 0. The van der Waals surface area contributed by atoms with Crippen LogP contribution in [0.15, 0.2) is 0 Å². The number of hydrogen-bond acceptors (Lipinski definition) is 3. The highest BCUT2D eigenvalue weighted by Gasteiger charge is 2.09. The summed E-state index contributed by atoms with van der Waals surface area (Å²) in [5.74, 6) is 6.44. The maximum Gasteiger partial charge on any atom is 0.0715 e. The topological polar surface area (TPSA) is 52.5 Å². The van der Waals surface area contributed by atoms with Crippen molar-refractivity contribution in [1.29, 1.82) is 0 Å². The fraction of sp³-hybridized carbons (Fsp3) is 0.900. The molecule has 0 atom stereocenters. The SMILES string of the molecule is CC(C)(O)CNCCC#CCCCCCCCCCCCCO. The molecular formula is C20H39NO2. The molecule has 0 amide bonds. The van der Waals surface area contributed by atoms with E-state index in [2.05, 4.69) is 17.2 Å². The largest absolute Gasteiger partial charge is 0.396 e. The van der Waals surface area contributed by atoms with Gasteiger partial charge in [0.15, 0.2) is 0 Å². The van der Waals surface area contributed by atoms with Gasteiger partial charge in [0, 0.05) is 32.5 Å². The van der Waals surface area contributed by atoms with Crippen molar-refractivity contribution in [2.24, 2.45) is 0 Å². The van der Waals surface area contributed by atoms with Gasteiger partial charge in [-0.1, -0.05) is 51.4 Å². The fourth-order valence-electron chi connectivity index (χ4n) is 2.46. The van der Waals surface area contributed by atoms with Crippen LogP contribution in [0.3, 0.4) is 0 Å². The number of nitrogens with one attached hydrogen (secondary N) is 1. The average Bonchev–Trinajstić information content (AvgIpc) is 2.49. The monoisotopic (exact) mass is 325 g/mol. The number of rotatable bonds is 15. The van der Waals surface area contributed by atoms with Crippen molar-refractivity contribution in [2.75, 3.05) is 19.7 Å². The standard InChI is InChI=1S/C20H39NO2/c1-20(2,23)19-21-17-15-13-11-9-7-5-3-4-6-8-10-12-14-16-18-22/h21-23H,3-10,12,14-19H2,1-2H3. The third-order valence-electron chi connectivity index (χ3n) is 3.82. The van der Waals surface area contributed by atoms with Crippen LogP contribution in [0, 0.1) is 11.8 Å². The van der Waals surface area contributed by atoms with Gasteiger partial charge in [0.25, 0.3) is 0 Å². The molecule has 0 aliphatic heterocycles. The smallest absolute Gasteiger partial charge is 0.0715 e. The summed E-state index contributed by atoms with van der Waals surface area (Å²) < 4.78 is 0. The summed E-state index contributed by atoms with van der Waals surface area (Å²) in [7, 11) is 0. The third kappa shape index (κ3) is 21.4. The lowest BCUT2D eigenvalue weighted by Crippen LogP contribution is -2.35. The lowest BCUT2D eigenvalue weighted by molar-refractivity contribution is 0.0802. The van der Waals surface area contributed by atoms with Crippen LogP contribution >= 0.6 is 0 Å². The van der Waals surface area contributed by atoms with Crippen molar-refractivity contribution in [3.8, 4) is 11.8 Å². The summed E-state index contributed by atoms with van der Waals surface area (Å²) in [5, 5.41) is 21.4. The molecule has 0 heterocycles. The van der Waals surface area contributed by atoms with Crippen LogP contribution in [0.4, 0.5) is 0 Å². The van der Waals surface area contributed by atoms with E-state index >= 15 is 0 Å². The van der Waals surface area contributed by atoms with E-state index in [1.165, 1.54) is 57.8 Å². The van der Waals surface area contributed by atoms with Gasteiger partial charge in [0.05, 0.1) is 5.60 Å². The minimum absolute atomic E-state index is 0.347. The van der Waals surface area contributed by atoms with E-state index < -0.39 is 5.60 Å². The van der Waals surface area contributed by atoms with E-state index in [9.17, 15) is 5.11 Å². The van der Waals surface area contributed by atoms with E-state index in [1.54, 1.807) is 0 Å². The zero-order valence-corrected chi connectivity index (χ0v) is 15.5. The summed E-state index contributed by atoms with van der Waals surface area (Å²) in [6.07, 6.45) is 14.6. The normalized spacial score (nSPS) is 11.3. The quantitative estimate of drug-likeness (QED) is 0.315. The Morgan fingerprint density at radius 3 is 1.74 bits per heavy atom. The Hall–Kier alpha value is -0.560. The molecule has 23 heavy (non-hydrogen) atoms. The highest BCUT2D eigenvalue weighted by molar-refractivity contribution is 4.99. The minimum atomic E-state index is -0.632. The van der Waals surface area contributed by atoms with Crippen molar-refractivity contribution in [3.05, 3.63) is 0 Å². The molecule has 0 bridgehead atoms. The molecule has 0 unspecified atom stereocenters. The molecule has 0 aromatic heterocycles. The number of aliphatic hydroxyl groups is 2. The molecule has 0 saturated carbocycles. The molecule has 0 rings (SSSR count). The Balaban J connectivity index is 3.15. The van der Waals surface area contributed by atoms with Crippen molar-refractivity contribution in [1.82, 2.24) is 5.32 Å². The Morgan fingerprint density at radius 2 is 1.22 bits per heavy atom. The second-order valence-electron chi connectivity index (χ2n) is 7.10. The summed E-state index contributed by atoms with van der Waals surface area (Å²) >= 11 is 0. The van der Waals surface area contributed by atoms with Gasteiger partial charge in [0.2, 0.25) is 0 Å². The molecule has 3 heteroatoms. The van der Waals surface area contributed by atoms with Gasteiger partial charge in [-0.3, -0.25) is 0 Å². The van der Waals surface area contributed by atoms with Crippen LogP contribution in [-0.4, -0.2) is 35.5 Å². The summed E-state index contributed by atoms with van der Waals surface area (Å²) in [5.41, 5.74) is -0.632. The minimum Gasteiger partial charge on any atom is -0.396 e. The highest BCUT2D eigenvalue weighted by atomic mass is 16.3. The van der Waals surface area contributed by atoms with Crippen molar-refractivity contribution in [3.63, 3.8) is 0 Å². The van der Waals surface area contributed by atoms with E-state index in [4.69, 9.17) is 5.11 Å². The van der Waals surface area contributed by atoms with Crippen molar-refractivity contribution >= 4 is 0 Å². The predicted octanol–water partition coefficient (Wildman–Crippen LogP) is 4.02. The van der Waals surface area contributed by atoms with Gasteiger partial charge in [0.1, 0.15) is 0 Å². The highest BCUT2D eigenvalue weighted by Crippen LogP contribution is 2.11. The van der Waals surface area contributed by atoms with Gasteiger partial charge in [-0.15, -0.1) is 11.8 Å². The lowest BCUT2D eigenvalue weighted by Gasteiger charge is -2.16. The average molecular weight is 326 g/mol. The molecule has 0 aromatic rings. The molecule has 0 saturated heterocycles. The van der Waals surface area contributed by atoms with Crippen LogP contribution in [0.1, 0.15) is 90.9 Å². The molecule has 3 nitrogen and oxygen atoms in total. The van der Waals surface area contributed by atoms with E-state index in [-0.39, 0.29) is 0 Å². The first-order chi connectivity index (χ1) is 11.1. The predicted molar refractivity (Wildman–Crippen MR) is 99.4 cm³/mol. The molecule has 0 fully saturated rings. The van der Waals surface area contributed by atoms with Crippen LogP contribution in [0.25, 0.3) is 0 Å². The van der Waals surface area contributed by atoms with E-state index in [0.717, 1.165) is 25.8 Å². The van der Waals surface area contributed by atoms with Crippen molar-refractivity contribution < 1.29 is 10.2 Å². The Morgan fingerprint density at radius 1 is 0.739 bits per heavy atom. The Labute approximate surface area is 144 Å². The van der Waals surface area contributed by atoms with Crippen LogP contribution < -0.4 is 5.32 Å². The van der Waals surface area contributed by atoms with Gasteiger partial charge in [-0.05, 0) is 26.7 Å². The number of unbranched alkanes of at least 4 members (excludes halogenated alkanes) is 10. The molecule has 0 aliphatic carbocycles. The summed E-state index contributed by atoms with van der Waals surface area (Å²) in [4.78, 5) is 0. The lowest BCUT2D eigenvalue weighted by atomic mass is 10.1. The molecule has 0 aromatic carbocycles. The maximum atomic E-state index is 9.54. The third-order valence-corrected chi connectivity index (χ3v) is 3.82. The molecule has 0 aliphatic rings. The van der Waals surface area contributed by atoms with Crippen LogP contribution in [0.2, 0.25) is 0 Å². The number of aliphatic hydroxyl groups excluding tert-OH is 1. The van der Waals surface area contributed by atoms with Crippen LogP contribution in [0.5, 0.6) is 0 Å². The molecule has 136 valence electrons. The second kappa shape index (κ2) is 16.3. The van der Waals surface area contributed by atoms with E-state index in [1.807, 2.05) is 13.8 Å². The van der Waals surface area contributed by atoms with E-state index in [0.29, 0.717) is 13.2 Å². The fourth-order valence-corrected chi connectivity index (χ4v) is 2.46. The molecule has 3 N–H and O–H groups in total. The molecule has 0 radical (unpaired) electrons. The first kappa shape index (κ1) is 22.4. The first-order valence-electron chi connectivity index (χ1n) is 9.56.